The average molecular weight is 382 g/mol. The number of hydrogen-bond donors (Lipinski definition) is 0. The van der Waals surface area contributed by atoms with Crippen LogP contribution in [0.3, 0.4) is 0 Å². The second kappa shape index (κ2) is 8.59. The first-order valence-corrected chi connectivity index (χ1v) is 10.2. The van der Waals surface area contributed by atoms with Gasteiger partial charge in [0.25, 0.3) is 5.91 Å². The zero-order valence-corrected chi connectivity index (χ0v) is 16.2. The van der Waals surface area contributed by atoms with E-state index in [4.69, 9.17) is 0 Å². The number of benzene rings is 1. The molecular formula is C22H27FN4O. The van der Waals surface area contributed by atoms with Crippen molar-refractivity contribution in [1.29, 1.82) is 0 Å². The largest absolute Gasteiger partial charge is 0.368 e. The molecule has 0 radical (unpaired) electrons. The molecule has 2 aliphatic heterocycles. The maximum Gasteiger partial charge on any atom is 0.255 e. The first-order valence-electron chi connectivity index (χ1n) is 10.2. The van der Waals surface area contributed by atoms with E-state index in [1.807, 2.05) is 29.3 Å². The van der Waals surface area contributed by atoms with Crippen molar-refractivity contribution in [2.45, 2.75) is 25.7 Å². The average Bonchev–Trinajstić information content (AvgIpc) is 3.04. The number of hydrogen-bond acceptors (Lipinski definition) is 4. The molecule has 6 heteroatoms. The lowest BCUT2D eigenvalue weighted by atomic mass is 10.2. The van der Waals surface area contributed by atoms with Gasteiger partial charge in [0.05, 0.1) is 17.4 Å². The minimum absolute atomic E-state index is 0.0983. The molecule has 28 heavy (non-hydrogen) atoms. The molecule has 0 N–H and O–H groups in total. The van der Waals surface area contributed by atoms with E-state index >= 15 is 0 Å². The van der Waals surface area contributed by atoms with Crippen LogP contribution in [0.4, 0.5) is 15.8 Å². The predicted octanol–water partition coefficient (Wildman–Crippen LogP) is 3.56. The molecule has 0 spiro atoms. The Labute approximate surface area is 165 Å². The molecule has 0 saturated carbocycles. The van der Waals surface area contributed by atoms with Crippen LogP contribution in [0.1, 0.15) is 36.0 Å². The van der Waals surface area contributed by atoms with Gasteiger partial charge in [-0.15, -0.1) is 0 Å². The summed E-state index contributed by atoms with van der Waals surface area (Å²) in [6.45, 7) is 5.10. The highest BCUT2D eigenvalue weighted by Gasteiger charge is 2.21. The van der Waals surface area contributed by atoms with E-state index in [1.165, 1.54) is 25.0 Å². The number of carbonyl (C=O) groups is 1. The van der Waals surface area contributed by atoms with Gasteiger partial charge in [0, 0.05) is 51.2 Å². The van der Waals surface area contributed by atoms with Crippen molar-refractivity contribution >= 4 is 17.3 Å². The van der Waals surface area contributed by atoms with Crippen molar-refractivity contribution < 1.29 is 9.18 Å². The Morgan fingerprint density at radius 1 is 0.786 bits per heavy atom. The summed E-state index contributed by atoms with van der Waals surface area (Å²) in [5.41, 5.74) is 2.73. The van der Waals surface area contributed by atoms with Crippen molar-refractivity contribution in [2.24, 2.45) is 0 Å². The highest BCUT2D eigenvalue weighted by molar-refractivity contribution is 5.94. The third-order valence-corrected chi connectivity index (χ3v) is 5.70. The molecular weight excluding hydrogens is 355 g/mol. The summed E-state index contributed by atoms with van der Waals surface area (Å²) < 4.78 is 13.1. The zero-order chi connectivity index (χ0) is 19.3. The van der Waals surface area contributed by atoms with Gasteiger partial charge < -0.3 is 14.7 Å². The Hall–Kier alpha value is -2.63. The van der Waals surface area contributed by atoms with Crippen LogP contribution in [0.5, 0.6) is 0 Å². The molecule has 0 aliphatic carbocycles. The third-order valence-electron chi connectivity index (χ3n) is 5.70. The predicted molar refractivity (Wildman–Crippen MR) is 109 cm³/mol. The molecule has 148 valence electrons. The van der Waals surface area contributed by atoms with Crippen LogP contribution in [0, 0.1) is 5.82 Å². The van der Waals surface area contributed by atoms with Crippen LogP contribution >= 0.6 is 0 Å². The molecule has 5 nitrogen and oxygen atoms in total. The number of halogens is 1. The monoisotopic (exact) mass is 382 g/mol. The topological polar surface area (TPSA) is 39.7 Å². The molecule has 0 bridgehead atoms. The van der Waals surface area contributed by atoms with Crippen molar-refractivity contribution in [2.75, 3.05) is 49.1 Å². The second-order valence-electron chi connectivity index (χ2n) is 7.59. The fourth-order valence-electron chi connectivity index (χ4n) is 4.05. The van der Waals surface area contributed by atoms with E-state index in [9.17, 15) is 9.18 Å². The van der Waals surface area contributed by atoms with Gasteiger partial charge in [0.2, 0.25) is 0 Å². The van der Waals surface area contributed by atoms with E-state index in [0.717, 1.165) is 63.5 Å². The molecule has 1 amide bonds. The number of likely N-dealkylation sites (tertiary alicyclic amines) is 1. The van der Waals surface area contributed by atoms with Gasteiger partial charge in [-0.1, -0.05) is 12.8 Å². The van der Waals surface area contributed by atoms with Crippen LogP contribution in [-0.2, 0) is 0 Å². The Balaban J connectivity index is 1.40. The summed E-state index contributed by atoms with van der Waals surface area (Å²) in [6.07, 6.45) is 8.12. The number of carbonyl (C=O) groups excluding carboxylic acids is 1. The van der Waals surface area contributed by atoms with Gasteiger partial charge in [0.1, 0.15) is 5.82 Å². The molecule has 0 atom stereocenters. The summed E-state index contributed by atoms with van der Waals surface area (Å²) in [7, 11) is 0. The quantitative estimate of drug-likeness (QED) is 0.814. The lowest BCUT2D eigenvalue weighted by molar-refractivity contribution is 0.0761. The van der Waals surface area contributed by atoms with Crippen LogP contribution in [0.2, 0.25) is 0 Å². The summed E-state index contributed by atoms with van der Waals surface area (Å²) in [5, 5.41) is 0. The molecule has 2 saturated heterocycles. The van der Waals surface area contributed by atoms with Crippen molar-refractivity contribution in [3.05, 3.63) is 54.1 Å². The minimum Gasteiger partial charge on any atom is -0.368 e. The van der Waals surface area contributed by atoms with E-state index in [1.54, 1.807) is 6.20 Å². The van der Waals surface area contributed by atoms with Gasteiger partial charge in [-0.2, -0.15) is 0 Å². The Morgan fingerprint density at radius 3 is 2.04 bits per heavy atom. The summed E-state index contributed by atoms with van der Waals surface area (Å²) >= 11 is 0. The molecule has 2 aliphatic rings. The van der Waals surface area contributed by atoms with Crippen molar-refractivity contribution in [1.82, 2.24) is 9.88 Å². The van der Waals surface area contributed by atoms with Gasteiger partial charge in [0.15, 0.2) is 0 Å². The number of pyridine rings is 1. The Bertz CT molecular complexity index is 794. The normalized spacial score (nSPS) is 18.1. The molecule has 2 fully saturated rings. The Morgan fingerprint density at radius 2 is 1.39 bits per heavy atom. The lowest BCUT2D eigenvalue weighted by Crippen LogP contribution is -2.46. The van der Waals surface area contributed by atoms with Gasteiger partial charge in [-0.3, -0.25) is 9.78 Å². The fraction of sp³-hybridized carbons (Fsp3) is 0.455. The molecule has 1 aromatic heterocycles. The van der Waals surface area contributed by atoms with Crippen molar-refractivity contribution in [3.8, 4) is 0 Å². The van der Waals surface area contributed by atoms with E-state index in [0.29, 0.717) is 5.56 Å². The first kappa shape index (κ1) is 18.7. The summed E-state index contributed by atoms with van der Waals surface area (Å²) in [5.74, 6) is -0.111. The highest BCUT2D eigenvalue weighted by atomic mass is 19.1. The molecule has 1 aromatic carbocycles. The number of nitrogens with zero attached hydrogens (tertiary/aromatic N) is 4. The number of piperazine rings is 1. The summed E-state index contributed by atoms with van der Waals surface area (Å²) in [4.78, 5) is 23.7. The molecule has 4 rings (SSSR count). The van der Waals surface area contributed by atoms with Crippen LogP contribution in [0.15, 0.2) is 42.7 Å². The molecule has 3 heterocycles. The standard InChI is InChI=1S/C22H27FN4O/c23-19-5-7-20(8-6-19)25-11-13-26(14-12-25)21-15-18(16-24-17-21)22(28)27-9-3-1-2-4-10-27/h5-8,15-17H,1-4,9-14H2. The number of rotatable bonds is 3. The number of aromatic nitrogens is 1. The van der Waals surface area contributed by atoms with E-state index < -0.39 is 0 Å². The van der Waals surface area contributed by atoms with Gasteiger partial charge >= 0.3 is 0 Å². The minimum atomic E-state index is -0.209. The van der Waals surface area contributed by atoms with E-state index in [2.05, 4.69) is 14.8 Å². The zero-order valence-electron chi connectivity index (χ0n) is 16.2. The van der Waals surface area contributed by atoms with Gasteiger partial charge in [-0.05, 0) is 43.2 Å². The Kier molecular flexibility index (Phi) is 5.74. The summed E-state index contributed by atoms with van der Waals surface area (Å²) in [6, 6.07) is 8.64. The van der Waals surface area contributed by atoms with Gasteiger partial charge in [-0.25, -0.2) is 4.39 Å². The fourth-order valence-corrected chi connectivity index (χ4v) is 4.05. The SMILES string of the molecule is O=C(c1cncc(N2CCN(c3ccc(F)cc3)CC2)c1)N1CCCCCC1. The smallest absolute Gasteiger partial charge is 0.255 e. The highest BCUT2D eigenvalue weighted by Crippen LogP contribution is 2.22. The van der Waals surface area contributed by atoms with Crippen LogP contribution in [0.25, 0.3) is 0 Å². The first-order chi connectivity index (χ1) is 13.7. The third kappa shape index (κ3) is 4.26. The number of anilines is 2. The van der Waals surface area contributed by atoms with Crippen LogP contribution < -0.4 is 9.80 Å². The van der Waals surface area contributed by atoms with Crippen molar-refractivity contribution in [3.63, 3.8) is 0 Å². The second-order valence-corrected chi connectivity index (χ2v) is 7.59. The maximum atomic E-state index is 13.1. The van der Waals surface area contributed by atoms with Crippen LogP contribution in [-0.4, -0.2) is 55.1 Å². The molecule has 0 unspecified atom stereocenters. The van der Waals surface area contributed by atoms with E-state index in [-0.39, 0.29) is 11.7 Å². The number of amides is 1. The molecule has 2 aromatic rings. The maximum absolute atomic E-state index is 13.1. The lowest BCUT2D eigenvalue weighted by Gasteiger charge is -2.37.